The molecule has 29 heavy (non-hydrogen) atoms. The molecule has 0 aromatic heterocycles. The summed E-state index contributed by atoms with van der Waals surface area (Å²) in [6, 6.07) is 6.27. The van der Waals surface area contributed by atoms with Gasteiger partial charge in [-0.2, -0.15) is 0 Å². The fourth-order valence-electron chi connectivity index (χ4n) is 3.84. The van der Waals surface area contributed by atoms with E-state index in [2.05, 4.69) is 45.9 Å². The number of aryl methyl sites for hydroxylation is 2. The maximum Gasteiger partial charge on any atom is 0.222 e. The molecule has 0 aliphatic carbocycles. The molecule has 5 nitrogen and oxygen atoms in total. The lowest BCUT2D eigenvalue weighted by molar-refractivity contribution is -0.134. The Balaban J connectivity index is 1.71. The van der Waals surface area contributed by atoms with E-state index < -0.39 is 0 Å². The number of nitrogens with zero attached hydrogens (tertiary/aromatic N) is 2. The molecule has 0 atom stereocenters. The van der Waals surface area contributed by atoms with Crippen LogP contribution < -0.4 is 4.74 Å². The zero-order chi connectivity index (χ0) is 21.2. The molecule has 0 N–H and O–H groups in total. The van der Waals surface area contributed by atoms with Crippen LogP contribution in [0.2, 0.25) is 0 Å². The number of hydrogen-bond donors (Lipinski definition) is 0. The van der Waals surface area contributed by atoms with E-state index in [1.807, 2.05) is 9.80 Å². The molecule has 0 radical (unpaired) electrons. The van der Waals surface area contributed by atoms with Crippen LogP contribution in [-0.4, -0.2) is 53.9 Å². The average Bonchev–Trinajstić information content (AvgIpc) is 2.71. The number of likely N-dealkylation sites (tertiary alicyclic amines) is 1. The van der Waals surface area contributed by atoms with Crippen LogP contribution in [0.1, 0.15) is 69.9 Å². The molecular weight excluding hydrogens is 364 g/mol. The van der Waals surface area contributed by atoms with Crippen LogP contribution in [0.15, 0.2) is 18.2 Å². The Morgan fingerprint density at radius 2 is 1.72 bits per heavy atom. The summed E-state index contributed by atoms with van der Waals surface area (Å²) in [7, 11) is 0. The van der Waals surface area contributed by atoms with Crippen LogP contribution in [0.4, 0.5) is 0 Å². The molecule has 0 bridgehead atoms. The van der Waals surface area contributed by atoms with E-state index >= 15 is 0 Å². The van der Waals surface area contributed by atoms with Gasteiger partial charge in [0, 0.05) is 51.9 Å². The van der Waals surface area contributed by atoms with Crippen molar-refractivity contribution >= 4 is 11.8 Å². The molecule has 162 valence electrons. The van der Waals surface area contributed by atoms with Gasteiger partial charge in [0.15, 0.2) is 0 Å². The molecule has 0 saturated carbocycles. The fraction of sp³-hybridized carbons (Fsp3) is 0.667. The molecule has 1 aromatic rings. The quantitative estimate of drug-likeness (QED) is 0.579. The summed E-state index contributed by atoms with van der Waals surface area (Å²) in [6.07, 6.45) is 5.40. The summed E-state index contributed by atoms with van der Waals surface area (Å²) in [5.41, 5.74) is 2.35. The molecule has 1 aliphatic heterocycles. The summed E-state index contributed by atoms with van der Waals surface area (Å²) in [6.45, 7) is 11.4. The third-order valence-electron chi connectivity index (χ3n) is 5.55. The molecule has 1 heterocycles. The second kappa shape index (κ2) is 11.8. The molecule has 1 saturated heterocycles. The minimum absolute atomic E-state index is 0.165. The van der Waals surface area contributed by atoms with Crippen LogP contribution in [-0.2, 0) is 9.59 Å². The maximum absolute atomic E-state index is 12.5. The van der Waals surface area contributed by atoms with E-state index in [9.17, 15) is 9.59 Å². The zero-order valence-corrected chi connectivity index (χ0v) is 18.7. The molecule has 0 unspecified atom stereocenters. The average molecular weight is 403 g/mol. The number of hydrogen-bond acceptors (Lipinski definition) is 3. The number of carbonyl (C=O) groups excluding carboxylic acids is 2. The second-order valence-corrected chi connectivity index (χ2v) is 8.20. The summed E-state index contributed by atoms with van der Waals surface area (Å²) in [5, 5.41) is 0. The first-order valence-corrected chi connectivity index (χ1v) is 11.2. The first-order chi connectivity index (χ1) is 13.9. The number of ether oxygens (including phenoxy) is 1. The Morgan fingerprint density at radius 3 is 2.34 bits per heavy atom. The highest BCUT2D eigenvalue weighted by Crippen LogP contribution is 2.24. The molecule has 5 heteroatoms. The van der Waals surface area contributed by atoms with Crippen LogP contribution in [0.5, 0.6) is 5.75 Å². The van der Waals surface area contributed by atoms with Crippen molar-refractivity contribution in [3.63, 3.8) is 0 Å². The van der Waals surface area contributed by atoms with Crippen molar-refractivity contribution in [2.75, 3.05) is 26.2 Å². The Kier molecular flexibility index (Phi) is 9.49. The van der Waals surface area contributed by atoms with Gasteiger partial charge in [0.05, 0.1) is 0 Å². The van der Waals surface area contributed by atoms with Crippen molar-refractivity contribution in [2.24, 2.45) is 0 Å². The van der Waals surface area contributed by atoms with Crippen molar-refractivity contribution in [1.82, 2.24) is 9.80 Å². The monoisotopic (exact) mass is 402 g/mol. The first kappa shape index (κ1) is 23.2. The largest absolute Gasteiger partial charge is 0.490 e. The van der Waals surface area contributed by atoms with Crippen molar-refractivity contribution in [2.45, 2.75) is 78.7 Å². The van der Waals surface area contributed by atoms with Crippen LogP contribution in [0.3, 0.4) is 0 Å². The first-order valence-electron chi connectivity index (χ1n) is 11.2. The van der Waals surface area contributed by atoms with Crippen LogP contribution >= 0.6 is 0 Å². The van der Waals surface area contributed by atoms with E-state index in [1.165, 1.54) is 5.56 Å². The third-order valence-corrected chi connectivity index (χ3v) is 5.55. The molecule has 2 rings (SSSR count). The lowest BCUT2D eigenvalue weighted by Crippen LogP contribution is -2.41. The Hall–Kier alpha value is -2.04. The van der Waals surface area contributed by atoms with Crippen LogP contribution in [0.25, 0.3) is 0 Å². The number of amides is 2. The van der Waals surface area contributed by atoms with Gasteiger partial charge in [-0.25, -0.2) is 0 Å². The molecule has 1 aromatic carbocycles. The Bertz CT molecular complexity index is 660. The number of piperidine rings is 1. The summed E-state index contributed by atoms with van der Waals surface area (Å²) < 4.78 is 6.19. The second-order valence-electron chi connectivity index (χ2n) is 8.20. The van der Waals surface area contributed by atoms with Gasteiger partial charge in [-0.05, 0) is 50.3 Å². The SMILES string of the molecule is CCCN(CCC)C(=O)CCCC(=O)N1CCC(Oc2cc(C)ccc2C)CC1. The number of rotatable bonds is 10. The van der Waals surface area contributed by atoms with Crippen LogP contribution in [0, 0.1) is 13.8 Å². The topological polar surface area (TPSA) is 49.9 Å². The molecule has 2 amide bonds. The van der Waals surface area contributed by atoms with E-state index in [4.69, 9.17) is 4.74 Å². The highest BCUT2D eigenvalue weighted by molar-refractivity contribution is 5.79. The van der Waals surface area contributed by atoms with Gasteiger partial charge in [-0.1, -0.05) is 26.0 Å². The van der Waals surface area contributed by atoms with E-state index in [0.29, 0.717) is 19.3 Å². The summed E-state index contributed by atoms with van der Waals surface area (Å²) in [5.74, 6) is 1.31. The minimum Gasteiger partial charge on any atom is -0.490 e. The van der Waals surface area contributed by atoms with Crippen molar-refractivity contribution in [1.29, 1.82) is 0 Å². The lowest BCUT2D eigenvalue weighted by atomic mass is 10.1. The molecule has 1 aliphatic rings. The number of carbonyl (C=O) groups is 2. The van der Waals surface area contributed by atoms with Gasteiger partial charge in [0.25, 0.3) is 0 Å². The van der Waals surface area contributed by atoms with Gasteiger partial charge >= 0.3 is 0 Å². The van der Waals surface area contributed by atoms with Crippen molar-refractivity contribution in [3.8, 4) is 5.75 Å². The Labute approximate surface area is 176 Å². The predicted octanol–water partition coefficient (Wildman–Crippen LogP) is 4.49. The molecular formula is C24H38N2O3. The van der Waals surface area contributed by atoms with Gasteiger partial charge in [0.2, 0.25) is 11.8 Å². The third kappa shape index (κ3) is 7.37. The standard InChI is InChI=1S/C24H38N2O3/c1-5-14-25(15-6-2)23(27)8-7-9-24(28)26-16-12-21(13-17-26)29-22-18-19(3)10-11-20(22)4/h10-11,18,21H,5-9,12-17H2,1-4H3. The van der Waals surface area contributed by atoms with Gasteiger partial charge in [-0.3, -0.25) is 9.59 Å². The summed E-state index contributed by atoms with van der Waals surface area (Å²) >= 11 is 0. The Morgan fingerprint density at radius 1 is 1.07 bits per heavy atom. The summed E-state index contributed by atoms with van der Waals surface area (Å²) in [4.78, 5) is 28.7. The fourth-order valence-corrected chi connectivity index (χ4v) is 3.84. The highest BCUT2D eigenvalue weighted by atomic mass is 16.5. The van der Waals surface area contributed by atoms with Crippen molar-refractivity contribution in [3.05, 3.63) is 29.3 Å². The number of benzene rings is 1. The van der Waals surface area contributed by atoms with E-state index in [-0.39, 0.29) is 17.9 Å². The highest BCUT2D eigenvalue weighted by Gasteiger charge is 2.24. The maximum atomic E-state index is 12.5. The minimum atomic E-state index is 0.165. The normalized spacial score (nSPS) is 14.7. The molecule has 0 spiro atoms. The van der Waals surface area contributed by atoms with E-state index in [0.717, 1.165) is 63.2 Å². The molecule has 1 fully saturated rings. The van der Waals surface area contributed by atoms with E-state index in [1.54, 1.807) is 0 Å². The zero-order valence-electron chi connectivity index (χ0n) is 18.7. The van der Waals surface area contributed by atoms with Gasteiger partial charge in [-0.15, -0.1) is 0 Å². The predicted molar refractivity (Wildman–Crippen MR) is 117 cm³/mol. The van der Waals surface area contributed by atoms with Gasteiger partial charge < -0.3 is 14.5 Å². The smallest absolute Gasteiger partial charge is 0.222 e. The van der Waals surface area contributed by atoms with Gasteiger partial charge in [0.1, 0.15) is 11.9 Å². The lowest BCUT2D eigenvalue weighted by Gasteiger charge is -2.32. The van der Waals surface area contributed by atoms with Crippen molar-refractivity contribution < 1.29 is 14.3 Å².